The molecule has 0 saturated heterocycles. The van der Waals surface area contributed by atoms with Crippen molar-refractivity contribution in [2.75, 3.05) is 26.4 Å². The fourth-order valence-corrected chi connectivity index (χ4v) is 1.71. The summed E-state index contributed by atoms with van der Waals surface area (Å²) in [7, 11) is 0. The highest BCUT2D eigenvalue weighted by Crippen LogP contribution is 2.19. The van der Waals surface area contributed by atoms with Crippen LogP contribution in [0.5, 0.6) is 5.75 Å². The topological polar surface area (TPSA) is 47.6 Å². The molecule has 0 unspecified atom stereocenters. The fourth-order valence-electron chi connectivity index (χ4n) is 1.71. The molecule has 0 fully saturated rings. The maximum absolute atomic E-state index is 11.6. The highest BCUT2D eigenvalue weighted by molar-refractivity contribution is 5.75. The van der Waals surface area contributed by atoms with E-state index in [9.17, 15) is 4.79 Å². The van der Waals surface area contributed by atoms with Crippen molar-refractivity contribution >= 4 is 5.91 Å². The molecule has 0 aromatic heterocycles. The molecule has 4 heteroatoms. The van der Waals surface area contributed by atoms with Crippen molar-refractivity contribution in [3.8, 4) is 5.75 Å². The van der Waals surface area contributed by atoms with Gasteiger partial charge in [-0.05, 0) is 38.0 Å². The molecule has 0 bridgehead atoms. The molecule has 1 N–H and O–H groups in total. The van der Waals surface area contributed by atoms with Gasteiger partial charge in [0.25, 0.3) is 0 Å². The molecule has 0 heterocycles. The van der Waals surface area contributed by atoms with Gasteiger partial charge in [0.1, 0.15) is 5.75 Å². The molecule has 1 rings (SSSR count). The minimum absolute atomic E-state index is 0.0285. The summed E-state index contributed by atoms with van der Waals surface area (Å²) in [5, 5.41) is 2.80. The van der Waals surface area contributed by atoms with E-state index in [0.29, 0.717) is 32.8 Å². The first-order valence-electron chi connectivity index (χ1n) is 7.18. The molecule has 1 aromatic rings. The number of nitrogens with one attached hydrogen (secondary N) is 1. The third-order valence-corrected chi connectivity index (χ3v) is 2.85. The maximum Gasteiger partial charge on any atom is 0.223 e. The van der Waals surface area contributed by atoms with E-state index in [1.54, 1.807) is 0 Å². The predicted octanol–water partition coefficient (Wildman–Crippen LogP) is 2.78. The molecule has 0 spiro atoms. The number of aryl methyl sites for hydroxylation is 2. The number of ether oxygens (including phenoxy) is 2. The number of hydrogen-bond acceptors (Lipinski definition) is 3. The molecule has 0 aliphatic carbocycles. The van der Waals surface area contributed by atoms with E-state index in [1.807, 2.05) is 39.0 Å². The summed E-state index contributed by atoms with van der Waals surface area (Å²) >= 11 is 0. The van der Waals surface area contributed by atoms with Gasteiger partial charge in [-0.1, -0.05) is 24.3 Å². The number of carbonyl (C=O) groups excluding carboxylic acids is 1. The number of benzene rings is 1. The third kappa shape index (κ3) is 7.51. The smallest absolute Gasteiger partial charge is 0.223 e. The highest BCUT2D eigenvalue weighted by atomic mass is 16.5. The van der Waals surface area contributed by atoms with Gasteiger partial charge in [-0.15, -0.1) is 0 Å². The molecule has 1 aromatic carbocycles. The minimum atomic E-state index is -0.0285. The van der Waals surface area contributed by atoms with Crippen LogP contribution >= 0.6 is 0 Å². The highest BCUT2D eigenvalue weighted by Gasteiger charge is 2.03. The molecular formula is C17H25NO3. The van der Waals surface area contributed by atoms with Gasteiger partial charge in [-0.25, -0.2) is 0 Å². The number of hydrogen-bond donors (Lipinski definition) is 1. The Kier molecular flexibility index (Phi) is 7.54. The van der Waals surface area contributed by atoms with E-state index < -0.39 is 0 Å². The first kappa shape index (κ1) is 17.2. The molecule has 21 heavy (non-hydrogen) atoms. The summed E-state index contributed by atoms with van der Waals surface area (Å²) in [5.41, 5.74) is 3.20. The summed E-state index contributed by atoms with van der Waals surface area (Å²) < 4.78 is 10.9. The summed E-state index contributed by atoms with van der Waals surface area (Å²) in [6.07, 6.45) is 0.341. The first-order chi connectivity index (χ1) is 9.99. The lowest BCUT2D eigenvalue weighted by Crippen LogP contribution is -2.28. The van der Waals surface area contributed by atoms with Crippen LogP contribution in [0, 0.1) is 13.8 Å². The van der Waals surface area contributed by atoms with Crippen LogP contribution in [0.2, 0.25) is 0 Å². The van der Waals surface area contributed by atoms with E-state index >= 15 is 0 Å². The first-order valence-corrected chi connectivity index (χ1v) is 7.18. The second-order valence-corrected chi connectivity index (χ2v) is 5.23. The Balaban J connectivity index is 2.16. The van der Waals surface area contributed by atoms with E-state index in [4.69, 9.17) is 9.47 Å². The van der Waals surface area contributed by atoms with Crippen molar-refractivity contribution in [3.05, 3.63) is 41.5 Å². The standard InChI is InChI=1S/C17H25NO3/c1-13(2)12-20-10-8-18-17(19)7-9-21-16-11-14(3)5-6-15(16)4/h5-6,11H,1,7-10,12H2,2-4H3,(H,18,19). The van der Waals surface area contributed by atoms with Gasteiger partial charge in [0, 0.05) is 6.54 Å². The van der Waals surface area contributed by atoms with Crippen LogP contribution in [0.15, 0.2) is 30.4 Å². The Morgan fingerprint density at radius 1 is 1.29 bits per heavy atom. The molecule has 0 saturated carbocycles. The van der Waals surface area contributed by atoms with Gasteiger partial charge in [-0.3, -0.25) is 4.79 Å². The van der Waals surface area contributed by atoms with Crippen LogP contribution < -0.4 is 10.1 Å². The van der Waals surface area contributed by atoms with Crippen molar-refractivity contribution in [3.63, 3.8) is 0 Å². The second kappa shape index (κ2) is 9.19. The Bertz CT molecular complexity index is 483. The molecule has 0 aliphatic heterocycles. The Morgan fingerprint density at radius 2 is 2.05 bits per heavy atom. The zero-order valence-electron chi connectivity index (χ0n) is 13.2. The average molecular weight is 291 g/mol. The monoisotopic (exact) mass is 291 g/mol. The summed E-state index contributed by atoms with van der Waals surface area (Å²) in [4.78, 5) is 11.6. The molecule has 0 atom stereocenters. The lowest BCUT2D eigenvalue weighted by molar-refractivity contribution is -0.121. The maximum atomic E-state index is 11.6. The van der Waals surface area contributed by atoms with E-state index in [2.05, 4.69) is 11.9 Å². The molecule has 0 aliphatic rings. The van der Waals surface area contributed by atoms with Crippen molar-refractivity contribution in [2.45, 2.75) is 27.2 Å². The largest absolute Gasteiger partial charge is 0.493 e. The van der Waals surface area contributed by atoms with Crippen LogP contribution in [-0.2, 0) is 9.53 Å². The van der Waals surface area contributed by atoms with Crippen molar-refractivity contribution < 1.29 is 14.3 Å². The van der Waals surface area contributed by atoms with Crippen molar-refractivity contribution in [1.29, 1.82) is 0 Å². The molecule has 1 amide bonds. The number of carbonyl (C=O) groups is 1. The molecule has 4 nitrogen and oxygen atoms in total. The summed E-state index contributed by atoms with van der Waals surface area (Å²) in [5.74, 6) is 0.812. The van der Waals surface area contributed by atoms with Crippen LogP contribution in [-0.4, -0.2) is 32.3 Å². The molecule has 116 valence electrons. The van der Waals surface area contributed by atoms with Crippen molar-refractivity contribution in [1.82, 2.24) is 5.32 Å². The van der Waals surface area contributed by atoms with E-state index in [-0.39, 0.29) is 5.91 Å². The van der Waals surface area contributed by atoms with Crippen LogP contribution in [0.4, 0.5) is 0 Å². The van der Waals surface area contributed by atoms with Gasteiger partial charge in [0.15, 0.2) is 0 Å². The van der Waals surface area contributed by atoms with E-state index in [0.717, 1.165) is 22.4 Å². The number of rotatable bonds is 9. The van der Waals surface area contributed by atoms with Crippen LogP contribution in [0.3, 0.4) is 0 Å². The lowest BCUT2D eigenvalue weighted by atomic mass is 10.1. The van der Waals surface area contributed by atoms with Crippen molar-refractivity contribution in [2.24, 2.45) is 0 Å². The normalized spacial score (nSPS) is 10.2. The third-order valence-electron chi connectivity index (χ3n) is 2.85. The zero-order chi connectivity index (χ0) is 15.7. The Labute approximate surface area is 127 Å². The van der Waals surface area contributed by atoms with Gasteiger partial charge < -0.3 is 14.8 Å². The summed E-state index contributed by atoms with van der Waals surface area (Å²) in [6.45, 7) is 11.6. The van der Waals surface area contributed by atoms with Gasteiger partial charge in [0.2, 0.25) is 5.91 Å². The van der Waals surface area contributed by atoms with Crippen LogP contribution in [0.1, 0.15) is 24.5 Å². The number of amides is 1. The van der Waals surface area contributed by atoms with Gasteiger partial charge >= 0.3 is 0 Å². The zero-order valence-corrected chi connectivity index (χ0v) is 13.2. The Morgan fingerprint density at radius 3 is 2.76 bits per heavy atom. The fraction of sp³-hybridized carbons (Fsp3) is 0.471. The SMILES string of the molecule is C=C(C)COCCNC(=O)CCOc1cc(C)ccc1C. The quantitative estimate of drug-likeness (QED) is 0.562. The average Bonchev–Trinajstić information content (AvgIpc) is 2.42. The minimum Gasteiger partial charge on any atom is -0.493 e. The van der Waals surface area contributed by atoms with Crippen LogP contribution in [0.25, 0.3) is 0 Å². The Hall–Kier alpha value is -1.81. The second-order valence-electron chi connectivity index (χ2n) is 5.23. The van der Waals surface area contributed by atoms with E-state index in [1.165, 1.54) is 0 Å². The summed E-state index contributed by atoms with van der Waals surface area (Å²) in [6, 6.07) is 6.04. The van der Waals surface area contributed by atoms with Gasteiger partial charge in [-0.2, -0.15) is 0 Å². The molecular weight excluding hydrogens is 266 g/mol. The molecule has 0 radical (unpaired) electrons. The lowest BCUT2D eigenvalue weighted by Gasteiger charge is -2.10. The predicted molar refractivity (Wildman–Crippen MR) is 84.7 cm³/mol. The van der Waals surface area contributed by atoms with Gasteiger partial charge in [0.05, 0.1) is 26.2 Å².